The fraction of sp³-hybridized carbons (Fsp3) is 0.217. The molecule has 0 amide bonds. The third-order valence-electron chi connectivity index (χ3n) is 4.89. The molecule has 0 atom stereocenters. The molecule has 1 aromatic carbocycles. The van der Waals surface area contributed by atoms with E-state index in [9.17, 15) is 0 Å². The van der Waals surface area contributed by atoms with Gasteiger partial charge in [-0.15, -0.1) is 0 Å². The normalized spacial score (nSPS) is 11.1. The molecule has 0 unspecified atom stereocenters. The quantitative estimate of drug-likeness (QED) is 0.471. The van der Waals surface area contributed by atoms with Crippen molar-refractivity contribution in [3.63, 3.8) is 0 Å². The minimum atomic E-state index is 0.578. The molecule has 28 heavy (non-hydrogen) atoms. The summed E-state index contributed by atoms with van der Waals surface area (Å²) in [6.45, 7) is 3.53. The van der Waals surface area contributed by atoms with Gasteiger partial charge in [-0.25, -0.2) is 0 Å². The van der Waals surface area contributed by atoms with Crippen LogP contribution < -0.4 is 10.1 Å². The van der Waals surface area contributed by atoms with Crippen molar-refractivity contribution in [1.82, 2.24) is 20.3 Å². The van der Waals surface area contributed by atoms with Gasteiger partial charge in [0.2, 0.25) is 0 Å². The molecule has 142 valence electrons. The van der Waals surface area contributed by atoms with Crippen LogP contribution in [0.5, 0.6) is 5.75 Å². The van der Waals surface area contributed by atoms with Crippen LogP contribution in [0.1, 0.15) is 12.5 Å². The molecule has 0 aliphatic heterocycles. The van der Waals surface area contributed by atoms with Crippen molar-refractivity contribution in [2.24, 2.45) is 0 Å². The van der Waals surface area contributed by atoms with E-state index in [1.54, 1.807) is 12.4 Å². The summed E-state index contributed by atoms with van der Waals surface area (Å²) in [6, 6.07) is 14.5. The van der Waals surface area contributed by atoms with Crippen LogP contribution in [0, 0.1) is 0 Å². The molecule has 0 aliphatic carbocycles. The minimum absolute atomic E-state index is 0.578. The van der Waals surface area contributed by atoms with E-state index in [1.807, 2.05) is 25.4 Å². The highest BCUT2D eigenvalue weighted by molar-refractivity contribution is 6.02. The van der Waals surface area contributed by atoms with Crippen LogP contribution in [0.15, 0.2) is 61.1 Å². The summed E-state index contributed by atoms with van der Waals surface area (Å²) in [5, 5.41) is 3.11. The molecule has 3 heterocycles. The number of benzene rings is 1. The van der Waals surface area contributed by atoms with Gasteiger partial charge in [0.15, 0.2) is 0 Å². The molecule has 0 spiro atoms. The highest BCUT2D eigenvalue weighted by Gasteiger charge is 2.20. The molecule has 0 aliphatic rings. The summed E-state index contributed by atoms with van der Waals surface area (Å²) in [5.74, 6) is 0.763. The summed E-state index contributed by atoms with van der Waals surface area (Å²) < 4.78 is 6.01. The number of rotatable bonds is 7. The van der Waals surface area contributed by atoms with E-state index in [1.165, 1.54) is 11.1 Å². The minimum Gasteiger partial charge on any atom is -0.490 e. The van der Waals surface area contributed by atoms with Crippen LogP contribution in [0.2, 0.25) is 0 Å². The lowest BCUT2D eigenvalue weighted by Gasteiger charge is -2.13. The summed E-state index contributed by atoms with van der Waals surface area (Å²) >= 11 is 0. The van der Waals surface area contributed by atoms with Gasteiger partial charge in [-0.1, -0.05) is 31.2 Å². The average Bonchev–Trinajstić information content (AvgIpc) is 3.13. The van der Waals surface area contributed by atoms with E-state index in [2.05, 4.69) is 57.5 Å². The largest absolute Gasteiger partial charge is 0.490 e. The maximum absolute atomic E-state index is 6.01. The first-order valence-corrected chi connectivity index (χ1v) is 9.60. The number of H-pyrrole nitrogens is 1. The standard InChI is InChI=1S/C23H24N4O/c1-3-16-7-4-5-8-17(16)21-22(27-19-9-6-11-26-23(19)21)18-10-12-25-15-20(18)28-14-13-24-2/h4-12,15,24,27H,3,13-14H2,1-2H3. The number of hydrogen-bond acceptors (Lipinski definition) is 4. The zero-order valence-electron chi connectivity index (χ0n) is 16.2. The zero-order valence-corrected chi connectivity index (χ0v) is 16.2. The van der Waals surface area contributed by atoms with E-state index in [4.69, 9.17) is 4.74 Å². The van der Waals surface area contributed by atoms with Crippen LogP contribution in [0.3, 0.4) is 0 Å². The molecular formula is C23H24N4O. The van der Waals surface area contributed by atoms with Gasteiger partial charge >= 0.3 is 0 Å². The average molecular weight is 372 g/mol. The van der Waals surface area contributed by atoms with E-state index in [0.29, 0.717) is 6.61 Å². The van der Waals surface area contributed by atoms with Crippen LogP contribution in [-0.2, 0) is 6.42 Å². The molecule has 0 saturated heterocycles. The highest BCUT2D eigenvalue weighted by Crippen LogP contribution is 2.41. The van der Waals surface area contributed by atoms with Crippen molar-refractivity contribution in [1.29, 1.82) is 0 Å². The van der Waals surface area contributed by atoms with Crippen molar-refractivity contribution >= 4 is 11.0 Å². The number of aromatic nitrogens is 3. The monoisotopic (exact) mass is 372 g/mol. The van der Waals surface area contributed by atoms with Gasteiger partial charge < -0.3 is 15.0 Å². The second kappa shape index (κ2) is 8.23. The van der Waals surface area contributed by atoms with Crippen molar-refractivity contribution in [3.05, 3.63) is 66.6 Å². The molecule has 0 radical (unpaired) electrons. The van der Waals surface area contributed by atoms with E-state index >= 15 is 0 Å². The molecule has 2 N–H and O–H groups in total. The Morgan fingerprint density at radius 1 is 1.04 bits per heavy atom. The molecule has 0 fully saturated rings. The molecule has 5 heteroatoms. The van der Waals surface area contributed by atoms with Crippen molar-refractivity contribution in [2.45, 2.75) is 13.3 Å². The number of aromatic amines is 1. The Labute approximate surface area is 164 Å². The molecule has 3 aromatic heterocycles. The third kappa shape index (κ3) is 3.37. The van der Waals surface area contributed by atoms with Crippen molar-refractivity contribution < 1.29 is 4.74 Å². The lowest BCUT2D eigenvalue weighted by Crippen LogP contribution is -2.16. The lowest BCUT2D eigenvalue weighted by molar-refractivity contribution is 0.318. The van der Waals surface area contributed by atoms with Gasteiger partial charge in [-0.05, 0) is 42.8 Å². The predicted octanol–water partition coefficient (Wildman–Crippen LogP) is 4.45. The Bertz CT molecular complexity index is 1090. The summed E-state index contributed by atoms with van der Waals surface area (Å²) in [7, 11) is 1.91. The van der Waals surface area contributed by atoms with Gasteiger partial charge in [-0.2, -0.15) is 0 Å². The molecule has 0 saturated carbocycles. The van der Waals surface area contributed by atoms with Crippen LogP contribution in [0.4, 0.5) is 0 Å². The molecular weight excluding hydrogens is 348 g/mol. The molecule has 4 aromatic rings. The second-order valence-electron chi connectivity index (χ2n) is 6.61. The summed E-state index contributed by atoms with van der Waals surface area (Å²) in [5.41, 5.74) is 7.58. The maximum atomic E-state index is 6.01. The van der Waals surface area contributed by atoms with Gasteiger partial charge in [0.05, 0.1) is 22.9 Å². The number of nitrogens with one attached hydrogen (secondary N) is 2. The maximum Gasteiger partial charge on any atom is 0.146 e. The number of likely N-dealkylation sites (N-methyl/N-ethyl adjacent to an activating group) is 1. The van der Waals surface area contributed by atoms with E-state index in [0.717, 1.165) is 46.6 Å². The number of pyridine rings is 2. The summed E-state index contributed by atoms with van der Waals surface area (Å²) in [4.78, 5) is 12.5. The fourth-order valence-electron chi connectivity index (χ4n) is 3.52. The SMILES string of the molecule is CCc1ccccc1-c1c(-c2ccncc2OCCNC)[nH]c2cccnc12. The Morgan fingerprint density at radius 3 is 2.79 bits per heavy atom. The smallest absolute Gasteiger partial charge is 0.146 e. The Morgan fingerprint density at radius 2 is 1.93 bits per heavy atom. The van der Waals surface area contributed by atoms with E-state index in [-0.39, 0.29) is 0 Å². The molecule has 5 nitrogen and oxygen atoms in total. The number of hydrogen-bond donors (Lipinski definition) is 2. The Balaban J connectivity index is 1.94. The van der Waals surface area contributed by atoms with Crippen molar-refractivity contribution in [3.8, 4) is 28.1 Å². The number of ether oxygens (including phenoxy) is 1. The Kier molecular flexibility index (Phi) is 5.35. The topological polar surface area (TPSA) is 62.8 Å². The summed E-state index contributed by atoms with van der Waals surface area (Å²) in [6.07, 6.45) is 6.38. The van der Waals surface area contributed by atoms with Gasteiger partial charge in [0, 0.05) is 30.1 Å². The van der Waals surface area contributed by atoms with Crippen LogP contribution >= 0.6 is 0 Å². The number of aryl methyl sites for hydroxylation is 1. The lowest BCUT2D eigenvalue weighted by atomic mass is 9.95. The number of fused-ring (bicyclic) bond motifs is 1. The first-order valence-electron chi connectivity index (χ1n) is 9.60. The van der Waals surface area contributed by atoms with Crippen LogP contribution in [0.25, 0.3) is 33.4 Å². The van der Waals surface area contributed by atoms with Gasteiger partial charge in [0.25, 0.3) is 0 Å². The van der Waals surface area contributed by atoms with Gasteiger partial charge in [0.1, 0.15) is 12.4 Å². The Hall–Kier alpha value is -3.18. The highest BCUT2D eigenvalue weighted by atomic mass is 16.5. The fourth-order valence-corrected chi connectivity index (χ4v) is 3.52. The second-order valence-corrected chi connectivity index (χ2v) is 6.61. The van der Waals surface area contributed by atoms with Gasteiger partial charge in [-0.3, -0.25) is 9.97 Å². The van der Waals surface area contributed by atoms with Crippen molar-refractivity contribution in [2.75, 3.05) is 20.2 Å². The van der Waals surface area contributed by atoms with Crippen LogP contribution in [-0.4, -0.2) is 35.2 Å². The predicted molar refractivity (Wildman–Crippen MR) is 114 cm³/mol. The third-order valence-corrected chi connectivity index (χ3v) is 4.89. The van der Waals surface area contributed by atoms with E-state index < -0.39 is 0 Å². The number of nitrogens with zero attached hydrogens (tertiary/aromatic N) is 2. The zero-order chi connectivity index (χ0) is 19.3. The molecule has 0 bridgehead atoms. The first kappa shape index (κ1) is 18.2. The molecule has 4 rings (SSSR count). The first-order chi connectivity index (χ1) is 13.8.